The van der Waals surface area contributed by atoms with Crippen molar-refractivity contribution in [2.45, 2.75) is 78.8 Å². The van der Waals surface area contributed by atoms with E-state index in [1.807, 2.05) is 53.3 Å². The summed E-state index contributed by atoms with van der Waals surface area (Å²) in [5.74, 6) is 2.34. The van der Waals surface area contributed by atoms with Gasteiger partial charge in [0.05, 0.1) is 73.5 Å². The molecule has 0 bridgehead atoms. The molecule has 0 radical (unpaired) electrons. The van der Waals surface area contributed by atoms with Gasteiger partial charge in [0, 0.05) is 37.1 Å². The molecule has 0 aliphatic carbocycles. The van der Waals surface area contributed by atoms with Crippen LogP contribution in [-0.2, 0) is 25.6 Å². The second-order valence-electron chi connectivity index (χ2n) is 13.9. The highest BCUT2D eigenvalue weighted by molar-refractivity contribution is 5.82. The maximum Gasteiger partial charge on any atom is 0.404 e. The van der Waals surface area contributed by atoms with Gasteiger partial charge in [0.1, 0.15) is 11.6 Å². The second-order valence-corrected chi connectivity index (χ2v) is 13.9. The minimum atomic E-state index is -0.745. The average Bonchev–Trinajstić information content (AvgIpc) is 3.98. The van der Waals surface area contributed by atoms with Gasteiger partial charge in [-0.25, -0.2) is 19.6 Å². The Morgan fingerprint density at radius 3 is 2.05 bits per heavy atom. The van der Waals surface area contributed by atoms with Crippen LogP contribution in [0.15, 0.2) is 61.1 Å². The molecule has 4 heterocycles. The van der Waals surface area contributed by atoms with Gasteiger partial charge in [0.25, 0.3) is 0 Å². The molecule has 1 fully saturated rings. The van der Waals surface area contributed by atoms with Gasteiger partial charge in [-0.2, -0.15) is 0 Å². The molecule has 16 heteroatoms. The van der Waals surface area contributed by atoms with Gasteiger partial charge in [-0.3, -0.25) is 19.6 Å². The number of nitrogens with zero attached hydrogens (tertiary/aromatic N) is 6. The monoisotopic (exact) mass is 782 g/mol. The van der Waals surface area contributed by atoms with Gasteiger partial charge >= 0.3 is 12.2 Å². The number of aromatic amines is 2. The average molecular weight is 783 g/mol. The van der Waals surface area contributed by atoms with E-state index >= 15 is 0 Å². The number of carbonyl (C=O) groups is 4. The number of imidazole rings is 2. The number of primary amides is 2. The maximum absolute atomic E-state index is 12.8. The highest BCUT2D eigenvalue weighted by atomic mass is 16.5. The van der Waals surface area contributed by atoms with Gasteiger partial charge < -0.3 is 40.7 Å². The quantitative estimate of drug-likeness (QED) is 0.104. The van der Waals surface area contributed by atoms with Gasteiger partial charge in [-0.05, 0) is 49.3 Å². The molecular weight excluding hydrogens is 729 g/mol. The largest absolute Gasteiger partial charge is 0.453 e. The van der Waals surface area contributed by atoms with E-state index in [0.29, 0.717) is 25.3 Å². The third-order valence-corrected chi connectivity index (χ3v) is 9.09. The highest BCUT2D eigenvalue weighted by Gasteiger charge is 2.32. The van der Waals surface area contributed by atoms with Crippen molar-refractivity contribution in [3.8, 4) is 33.8 Å². The first-order valence-electron chi connectivity index (χ1n) is 19.1. The summed E-state index contributed by atoms with van der Waals surface area (Å²) in [6.45, 7) is 10.3. The third kappa shape index (κ3) is 12.3. The summed E-state index contributed by atoms with van der Waals surface area (Å²) >= 11 is 0. The molecule has 5 aromatic rings. The van der Waals surface area contributed by atoms with Gasteiger partial charge in [0.2, 0.25) is 11.8 Å². The van der Waals surface area contributed by atoms with Gasteiger partial charge in [-0.1, -0.05) is 58.0 Å². The number of hydrogen-bond donors (Lipinski definition) is 4. The van der Waals surface area contributed by atoms with Gasteiger partial charge in [0.15, 0.2) is 0 Å². The predicted octanol–water partition coefficient (Wildman–Crippen LogP) is 6.75. The topological polar surface area (TPSA) is 228 Å². The number of fused-ring (bicyclic) bond motifs is 1. The molecule has 4 amide bonds. The minimum Gasteiger partial charge on any atom is -0.453 e. The Kier molecular flexibility index (Phi) is 16.1. The van der Waals surface area contributed by atoms with E-state index in [1.165, 1.54) is 14.2 Å². The molecule has 6 rings (SSSR count). The van der Waals surface area contributed by atoms with Crippen molar-refractivity contribution in [3.63, 3.8) is 0 Å². The lowest BCUT2D eigenvalue weighted by molar-refractivity contribution is -0.133. The third-order valence-electron chi connectivity index (χ3n) is 9.09. The van der Waals surface area contributed by atoms with Crippen LogP contribution < -0.4 is 11.5 Å². The lowest BCUT2D eigenvalue weighted by Gasteiger charge is -2.24. The lowest BCUT2D eigenvalue weighted by atomic mass is 10.1. The number of nitrogens with two attached hydrogens (primary N) is 2. The van der Waals surface area contributed by atoms with E-state index in [4.69, 9.17) is 15.0 Å². The number of aromatic nitrogens is 6. The zero-order valence-corrected chi connectivity index (χ0v) is 33.6. The number of methoxy groups -OCH3 is 2. The molecule has 1 saturated heterocycles. The molecule has 1 aliphatic heterocycles. The summed E-state index contributed by atoms with van der Waals surface area (Å²) < 4.78 is 7.78. The Bertz CT molecular complexity index is 2060. The Morgan fingerprint density at radius 2 is 1.47 bits per heavy atom. The van der Waals surface area contributed by atoms with Crippen LogP contribution in [0.5, 0.6) is 0 Å². The van der Waals surface area contributed by atoms with Crippen molar-refractivity contribution < 1.29 is 28.7 Å². The summed E-state index contributed by atoms with van der Waals surface area (Å²) in [5, 5.41) is 0. The highest BCUT2D eigenvalue weighted by Crippen LogP contribution is 2.33. The fraction of sp³-hybridized carbons (Fsp3) is 0.415. The number of ether oxygens (including phenoxy) is 2. The Labute approximate surface area is 332 Å². The van der Waals surface area contributed by atoms with E-state index in [9.17, 15) is 19.2 Å². The van der Waals surface area contributed by atoms with Crippen LogP contribution in [0.1, 0.15) is 83.9 Å². The van der Waals surface area contributed by atoms with Crippen LogP contribution in [0.4, 0.5) is 9.59 Å². The van der Waals surface area contributed by atoms with E-state index in [1.54, 1.807) is 12.4 Å². The predicted molar refractivity (Wildman–Crippen MR) is 217 cm³/mol. The fourth-order valence-electron chi connectivity index (χ4n) is 6.33. The fourth-order valence-corrected chi connectivity index (χ4v) is 6.33. The SMILES string of the molecule is CCCC(=O)N(CCC)Cc1nc2ccc(-c3cnc(-c4ccc(-c5cnc([C@@H]6CCCN6C(=O)CC(C)C)[nH]5)cc4)cn3)cc2[nH]1.COC(N)=O.COC(N)=O. The first-order chi connectivity index (χ1) is 27.4. The number of carbonyl (C=O) groups excluding carboxylic acids is 4. The Balaban J connectivity index is 0.000000642. The van der Waals surface area contributed by atoms with E-state index in [-0.39, 0.29) is 17.9 Å². The molecule has 304 valence electrons. The number of benzene rings is 2. The van der Waals surface area contributed by atoms with E-state index in [0.717, 1.165) is 95.2 Å². The molecule has 1 aliphatic rings. The molecule has 1 atom stereocenters. The normalized spacial score (nSPS) is 13.3. The summed E-state index contributed by atoms with van der Waals surface area (Å²) in [6.07, 6.45) is 8.75. The van der Waals surface area contributed by atoms with Crippen molar-refractivity contribution in [1.82, 2.24) is 39.7 Å². The first kappa shape index (κ1) is 43.4. The number of nitrogens with one attached hydrogen (secondary N) is 2. The van der Waals surface area contributed by atoms with Crippen LogP contribution >= 0.6 is 0 Å². The van der Waals surface area contributed by atoms with Crippen LogP contribution in [0, 0.1) is 5.92 Å². The first-order valence-corrected chi connectivity index (χ1v) is 19.1. The molecule has 6 N–H and O–H groups in total. The van der Waals surface area contributed by atoms with Crippen LogP contribution in [0.2, 0.25) is 0 Å². The van der Waals surface area contributed by atoms with Crippen LogP contribution in [0.25, 0.3) is 44.8 Å². The van der Waals surface area contributed by atoms with Crippen molar-refractivity contribution in [1.29, 1.82) is 0 Å². The number of likely N-dealkylation sites (tertiary alicyclic amines) is 1. The summed E-state index contributed by atoms with van der Waals surface area (Å²) in [5.41, 5.74) is 16.0. The number of amides is 4. The zero-order chi connectivity index (χ0) is 41.5. The van der Waals surface area contributed by atoms with Crippen LogP contribution in [0.3, 0.4) is 0 Å². The summed E-state index contributed by atoms with van der Waals surface area (Å²) in [4.78, 5) is 73.7. The zero-order valence-electron chi connectivity index (χ0n) is 33.6. The number of hydrogen-bond acceptors (Lipinski definition) is 10. The Hall–Kier alpha value is -6.32. The van der Waals surface area contributed by atoms with Gasteiger partial charge in [-0.15, -0.1) is 0 Å². The molecule has 0 spiro atoms. The van der Waals surface area contributed by atoms with Crippen molar-refractivity contribution in [2.24, 2.45) is 17.4 Å². The molecule has 2 aromatic carbocycles. The summed E-state index contributed by atoms with van der Waals surface area (Å²) in [7, 11) is 2.45. The lowest BCUT2D eigenvalue weighted by Crippen LogP contribution is -2.31. The molecule has 0 unspecified atom stereocenters. The number of rotatable bonds is 12. The maximum atomic E-state index is 12.8. The smallest absolute Gasteiger partial charge is 0.404 e. The molecule has 0 saturated carbocycles. The van der Waals surface area contributed by atoms with Crippen molar-refractivity contribution in [2.75, 3.05) is 27.3 Å². The van der Waals surface area contributed by atoms with Crippen LogP contribution in [-0.4, -0.2) is 91.0 Å². The molecular formula is C41H54N10O6. The second kappa shape index (κ2) is 21.1. The van der Waals surface area contributed by atoms with E-state index < -0.39 is 12.2 Å². The van der Waals surface area contributed by atoms with E-state index in [2.05, 4.69) is 68.8 Å². The summed E-state index contributed by atoms with van der Waals surface area (Å²) in [6, 6.07) is 14.2. The Morgan fingerprint density at radius 1 is 0.860 bits per heavy atom. The standard InChI is InChI=1S/C37H44N8O2.2C2H5NO2/c1-5-8-35(46)44(16-6-2)23-34-41-28-15-14-27(19-29(28)42-34)31-21-38-30(20-39-31)25-10-12-26(13-11-25)32-22-40-37(43-32)33-9-7-17-45(33)36(47)18-24(3)4;2*1-5-2(3)4/h10-15,19-22,24,33H,5-9,16-18,23H2,1-4H3,(H,40,43)(H,41,42);2*1H3,(H2,3,4)/t33-;;/m0../s1. The van der Waals surface area contributed by atoms with Crippen molar-refractivity contribution >= 4 is 35.0 Å². The molecule has 3 aromatic heterocycles. The number of H-pyrrole nitrogens is 2. The minimum absolute atomic E-state index is 0.0106. The molecule has 16 nitrogen and oxygen atoms in total. The molecule has 57 heavy (non-hydrogen) atoms. The van der Waals surface area contributed by atoms with Crippen molar-refractivity contribution in [3.05, 3.63) is 72.7 Å².